The van der Waals surface area contributed by atoms with Gasteiger partial charge in [-0.1, -0.05) is 55.5 Å². The van der Waals surface area contributed by atoms with Crippen molar-refractivity contribution in [2.24, 2.45) is 0 Å². The molecule has 0 spiro atoms. The van der Waals surface area contributed by atoms with Crippen LogP contribution in [0.25, 0.3) is 11.3 Å². The highest BCUT2D eigenvalue weighted by atomic mass is 16.5. The highest BCUT2D eigenvalue weighted by molar-refractivity contribution is 6.02. The molecule has 1 heterocycles. The standard InChI is InChI=1S/C29H30N4O3/c1-4-22-12-8-9-13-26(22)30-27(34)20-32(2)29(35)25-19-33(18-21-10-6-5-7-11-21)31-28(25)23-14-16-24(36-3)17-15-23/h5-17,19H,4,18,20H2,1-3H3,(H,30,34). The molecule has 0 saturated carbocycles. The molecule has 0 unspecified atom stereocenters. The minimum atomic E-state index is -0.279. The fourth-order valence-corrected chi connectivity index (χ4v) is 4.02. The van der Waals surface area contributed by atoms with E-state index in [0.29, 0.717) is 17.8 Å². The SMILES string of the molecule is CCc1ccccc1NC(=O)CN(C)C(=O)c1cn(Cc2ccccc2)nc1-c1ccc(OC)cc1. The maximum absolute atomic E-state index is 13.5. The number of hydrogen-bond donors (Lipinski definition) is 1. The lowest BCUT2D eigenvalue weighted by Gasteiger charge is -2.17. The normalized spacial score (nSPS) is 10.6. The van der Waals surface area contributed by atoms with Gasteiger partial charge in [0.1, 0.15) is 11.4 Å². The van der Waals surface area contributed by atoms with Gasteiger partial charge in [-0.25, -0.2) is 0 Å². The molecule has 1 N–H and O–H groups in total. The quantitative estimate of drug-likeness (QED) is 0.369. The first-order chi connectivity index (χ1) is 17.5. The molecule has 0 fully saturated rings. The van der Waals surface area contributed by atoms with E-state index in [1.807, 2.05) is 85.8 Å². The van der Waals surface area contributed by atoms with Crippen molar-refractivity contribution in [1.29, 1.82) is 0 Å². The first-order valence-corrected chi connectivity index (χ1v) is 11.9. The van der Waals surface area contributed by atoms with Crippen LogP contribution in [0.2, 0.25) is 0 Å². The van der Waals surface area contributed by atoms with Crippen LogP contribution in [0.15, 0.2) is 85.1 Å². The van der Waals surface area contributed by atoms with E-state index in [4.69, 9.17) is 9.84 Å². The third-order valence-corrected chi connectivity index (χ3v) is 5.94. The fourth-order valence-electron chi connectivity index (χ4n) is 4.02. The largest absolute Gasteiger partial charge is 0.497 e. The van der Waals surface area contributed by atoms with E-state index >= 15 is 0 Å². The number of methoxy groups -OCH3 is 1. The number of carbonyl (C=O) groups excluding carboxylic acids is 2. The lowest BCUT2D eigenvalue weighted by molar-refractivity contribution is -0.116. The van der Waals surface area contributed by atoms with Crippen molar-refractivity contribution in [2.75, 3.05) is 26.0 Å². The second-order valence-corrected chi connectivity index (χ2v) is 8.52. The second-order valence-electron chi connectivity index (χ2n) is 8.52. The summed E-state index contributed by atoms with van der Waals surface area (Å²) >= 11 is 0. The molecule has 7 nitrogen and oxygen atoms in total. The molecule has 0 aliphatic carbocycles. The van der Waals surface area contributed by atoms with Crippen LogP contribution in [0, 0.1) is 0 Å². The summed E-state index contributed by atoms with van der Waals surface area (Å²) in [7, 11) is 3.23. The van der Waals surface area contributed by atoms with Crippen LogP contribution in [0.1, 0.15) is 28.4 Å². The minimum Gasteiger partial charge on any atom is -0.497 e. The number of benzene rings is 3. The average molecular weight is 483 g/mol. The number of hydrogen-bond acceptors (Lipinski definition) is 4. The van der Waals surface area contributed by atoms with E-state index in [9.17, 15) is 9.59 Å². The summed E-state index contributed by atoms with van der Waals surface area (Å²) in [4.78, 5) is 27.7. The molecule has 0 bridgehead atoms. The molecule has 7 heteroatoms. The number of para-hydroxylation sites is 1. The fraction of sp³-hybridized carbons (Fsp3) is 0.207. The molecule has 0 saturated heterocycles. The van der Waals surface area contributed by atoms with E-state index in [0.717, 1.165) is 34.5 Å². The molecular formula is C29H30N4O3. The van der Waals surface area contributed by atoms with E-state index < -0.39 is 0 Å². The van der Waals surface area contributed by atoms with E-state index in [1.165, 1.54) is 4.90 Å². The molecule has 0 radical (unpaired) electrons. The van der Waals surface area contributed by atoms with Gasteiger partial charge in [0.15, 0.2) is 0 Å². The topological polar surface area (TPSA) is 76.5 Å². The zero-order valence-corrected chi connectivity index (χ0v) is 20.8. The van der Waals surface area contributed by atoms with Gasteiger partial charge in [-0.05, 0) is 47.9 Å². The summed E-state index contributed by atoms with van der Waals surface area (Å²) in [5.41, 5.74) is 4.66. The predicted molar refractivity (Wildman–Crippen MR) is 141 cm³/mol. The summed E-state index contributed by atoms with van der Waals surface area (Å²) in [5, 5.41) is 7.66. The first-order valence-electron chi connectivity index (χ1n) is 11.9. The van der Waals surface area contributed by atoms with Crippen LogP contribution >= 0.6 is 0 Å². The molecule has 4 aromatic rings. The van der Waals surface area contributed by atoms with Crippen molar-refractivity contribution in [2.45, 2.75) is 19.9 Å². The highest BCUT2D eigenvalue weighted by Gasteiger charge is 2.23. The maximum atomic E-state index is 13.5. The summed E-state index contributed by atoms with van der Waals surface area (Å²) in [6.45, 7) is 2.48. The number of rotatable bonds is 9. The number of aromatic nitrogens is 2. The number of nitrogens with one attached hydrogen (secondary N) is 1. The second kappa shape index (κ2) is 11.4. The molecule has 0 aliphatic heterocycles. The Balaban J connectivity index is 1.57. The average Bonchev–Trinajstić information content (AvgIpc) is 3.32. The van der Waals surface area contributed by atoms with Crippen molar-refractivity contribution in [3.8, 4) is 17.0 Å². The Bertz CT molecular complexity index is 1330. The number of anilines is 1. The Morgan fingerprint density at radius 1 is 0.972 bits per heavy atom. The Morgan fingerprint density at radius 2 is 1.67 bits per heavy atom. The lowest BCUT2D eigenvalue weighted by Crippen LogP contribution is -2.35. The third kappa shape index (κ3) is 5.81. The lowest BCUT2D eigenvalue weighted by atomic mass is 10.1. The van der Waals surface area contributed by atoms with Crippen LogP contribution in [0.4, 0.5) is 5.69 Å². The molecule has 0 aliphatic rings. The summed E-state index contributed by atoms with van der Waals surface area (Å²) in [5.74, 6) is 0.185. The number of likely N-dealkylation sites (N-methyl/N-ethyl adjacent to an activating group) is 1. The van der Waals surface area contributed by atoms with Crippen LogP contribution in [-0.2, 0) is 17.8 Å². The highest BCUT2D eigenvalue weighted by Crippen LogP contribution is 2.26. The molecule has 4 rings (SSSR count). The number of aryl methyl sites for hydroxylation is 1. The third-order valence-electron chi connectivity index (χ3n) is 5.94. The summed E-state index contributed by atoms with van der Waals surface area (Å²) < 4.78 is 7.03. The van der Waals surface area contributed by atoms with Crippen LogP contribution in [-0.4, -0.2) is 47.2 Å². The van der Waals surface area contributed by atoms with Gasteiger partial charge in [0, 0.05) is 24.5 Å². The number of amides is 2. The van der Waals surface area contributed by atoms with Gasteiger partial charge in [0.25, 0.3) is 5.91 Å². The van der Waals surface area contributed by atoms with Gasteiger partial charge in [-0.2, -0.15) is 5.10 Å². The zero-order valence-electron chi connectivity index (χ0n) is 20.8. The van der Waals surface area contributed by atoms with Crippen molar-refractivity contribution >= 4 is 17.5 Å². The van der Waals surface area contributed by atoms with Gasteiger partial charge in [0.2, 0.25) is 5.91 Å². The van der Waals surface area contributed by atoms with Gasteiger partial charge in [-0.3, -0.25) is 14.3 Å². The van der Waals surface area contributed by atoms with Crippen LogP contribution in [0.3, 0.4) is 0 Å². The smallest absolute Gasteiger partial charge is 0.257 e. The minimum absolute atomic E-state index is 0.0806. The van der Waals surface area contributed by atoms with Crippen molar-refractivity contribution in [3.05, 3.63) is 102 Å². The molecule has 0 atom stereocenters. The molecule has 2 amide bonds. The molecule has 36 heavy (non-hydrogen) atoms. The molecule has 3 aromatic carbocycles. The molecular weight excluding hydrogens is 452 g/mol. The summed E-state index contributed by atoms with van der Waals surface area (Å²) in [6.07, 6.45) is 2.55. The maximum Gasteiger partial charge on any atom is 0.257 e. The van der Waals surface area contributed by atoms with Gasteiger partial charge < -0.3 is 15.0 Å². The monoisotopic (exact) mass is 482 g/mol. The number of carbonyl (C=O) groups is 2. The first kappa shape index (κ1) is 24.7. The van der Waals surface area contributed by atoms with Crippen LogP contribution < -0.4 is 10.1 Å². The predicted octanol–water partition coefficient (Wildman–Crippen LogP) is 4.88. The van der Waals surface area contributed by atoms with Gasteiger partial charge in [0.05, 0.1) is 25.8 Å². The number of nitrogens with zero attached hydrogens (tertiary/aromatic N) is 3. The molecule has 1 aromatic heterocycles. The van der Waals surface area contributed by atoms with Gasteiger partial charge in [-0.15, -0.1) is 0 Å². The van der Waals surface area contributed by atoms with Crippen molar-refractivity contribution in [3.63, 3.8) is 0 Å². The van der Waals surface area contributed by atoms with E-state index in [1.54, 1.807) is 25.0 Å². The summed E-state index contributed by atoms with van der Waals surface area (Å²) in [6, 6.07) is 25.0. The Morgan fingerprint density at radius 3 is 2.36 bits per heavy atom. The zero-order chi connectivity index (χ0) is 25.5. The van der Waals surface area contributed by atoms with Crippen LogP contribution in [0.5, 0.6) is 5.75 Å². The Labute approximate surface area is 211 Å². The van der Waals surface area contributed by atoms with Crippen molar-refractivity contribution in [1.82, 2.24) is 14.7 Å². The van der Waals surface area contributed by atoms with E-state index in [-0.39, 0.29) is 18.4 Å². The van der Waals surface area contributed by atoms with E-state index in [2.05, 4.69) is 5.32 Å². The Kier molecular flexibility index (Phi) is 7.80. The van der Waals surface area contributed by atoms with Gasteiger partial charge >= 0.3 is 0 Å². The number of ether oxygens (including phenoxy) is 1. The Hall–Kier alpha value is -4.39. The van der Waals surface area contributed by atoms with Crippen molar-refractivity contribution < 1.29 is 14.3 Å². The molecule has 184 valence electrons.